The molecule has 0 aromatic heterocycles. The number of ether oxygens (including phenoxy) is 1. The average Bonchev–Trinajstić information content (AvgIpc) is 2.55. The largest absolute Gasteiger partial charge is 0.457 e. The molecule has 0 aliphatic rings. The summed E-state index contributed by atoms with van der Waals surface area (Å²) in [5.41, 5.74) is 8.30. The molecule has 2 heteroatoms. The Labute approximate surface area is 130 Å². The Morgan fingerprint density at radius 1 is 0.636 bits per heavy atom. The van der Waals surface area contributed by atoms with Crippen molar-refractivity contribution in [3.63, 3.8) is 0 Å². The molecule has 3 rings (SSSR count). The zero-order valence-corrected chi connectivity index (χ0v) is 12.0. The Kier molecular flexibility index (Phi) is 4.08. The zero-order chi connectivity index (χ0) is 15.2. The van der Waals surface area contributed by atoms with E-state index < -0.39 is 0 Å². The third kappa shape index (κ3) is 3.68. The lowest BCUT2D eigenvalue weighted by atomic mass is 10.1. The van der Waals surface area contributed by atoms with Gasteiger partial charge in [-0.15, -0.1) is 0 Å². The van der Waals surface area contributed by atoms with Crippen molar-refractivity contribution in [3.8, 4) is 23.3 Å². The van der Waals surface area contributed by atoms with E-state index in [9.17, 15) is 0 Å². The third-order valence-corrected chi connectivity index (χ3v) is 3.07. The minimum Gasteiger partial charge on any atom is -0.457 e. The number of para-hydroxylation sites is 1. The molecule has 0 aliphatic heterocycles. The van der Waals surface area contributed by atoms with Gasteiger partial charge in [-0.1, -0.05) is 36.1 Å². The summed E-state index contributed by atoms with van der Waals surface area (Å²) in [6.45, 7) is 0. The molecule has 0 atom stereocenters. The smallest absolute Gasteiger partial charge is 0.127 e. The summed E-state index contributed by atoms with van der Waals surface area (Å²) >= 11 is 0. The SMILES string of the molecule is Nc1cccc(C#Cc2ccc(Oc3ccccc3)cc2)c1. The fourth-order valence-corrected chi connectivity index (χ4v) is 1.99. The van der Waals surface area contributed by atoms with Gasteiger partial charge in [-0.25, -0.2) is 0 Å². The first-order chi connectivity index (χ1) is 10.8. The van der Waals surface area contributed by atoms with Crippen LogP contribution in [-0.4, -0.2) is 0 Å². The Morgan fingerprint density at radius 3 is 2.05 bits per heavy atom. The quantitative estimate of drug-likeness (QED) is 0.557. The van der Waals surface area contributed by atoms with Gasteiger partial charge >= 0.3 is 0 Å². The van der Waals surface area contributed by atoms with Crippen molar-refractivity contribution in [2.24, 2.45) is 0 Å². The molecule has 0 heterocycles. The summed E-state index contributed by atoms with van der Waals surface area (Å²) in [6.07, 6.45) is 0. The molecular weight excluding hydrogens is 270 g/mol. The minimum atomic E-state index is 0.721. The third-order valence-electron chi connectivity index (χ3n) is 3.07. The van der Waals surface area contributed by atoms with Crippen LogP contribution in [0.5, 0.6) is 11.5 Å². The Bertz CT molecular complexity index is 812. The van der Waals surface area contributed by atoms with Gasteiger partial charge in [0.25, 0.3) is 0 Å². The van der Waals surface area contributed by atoms with Gasteiger partial charge in [0.15, 0.2) is 0 Å². The second-order valence-electron chi connectivity index (χ2n) is 4.81. The second kappa shape index (κ2) is 6.51. The van der Waals surface area contributed by atoms with E-state index in [1.54, 1.807) is 0 Å². The van der Waals surface area contributed by atoms with Gasteiger partial charge < -0.3 is 10.5 Å². The van der Waals surface area contributed by atoms with Crippen LogP contribution in [0, 0.1) is 11.8 Å². The first-order valence-corrected chi connectivity index (χ1v) is 7.00. The molecule has 2 nitrogen and oxygen atoms in total. The van der Waals surface area contributed by atoms with Crippen LogP contribution in [0.1, 0.15) is 11.1 Å². The molecular formula is C20H15NO. The van der Waals surface area contributed by atoms with Crippen LogP contribution in [0.15, 0.2) is 78.9 Å². The molecule has 0 unspecified atom stereocenters. The molecule has 22 heavy (non-hydrogen) atoms. The molecule has 106 valence electrons. The summed E-state index contributed by atoms with van der Waals surface area (Å²) in [5.74, 6) is 7.83. The van der Waals surface area contributed by atoms with Crippen LogP contribution in [0.25, 0.3) is 0 Å². The first-order valence-electron chi connectivity index (χ1n) is 7.00. The normalized spacial score (nSPS) is 9.64. The number of benzene rings is 3. The van der Waals surface area contributed by atoms with Crippen LogP contribution in [0.4, 0.5) is 5.69 Å². The van der Waals surface area contributed by atoms with Gasteiger partial charge in [0.1, 0.15) is 11.5 Å². The molecule has 0 spiro atoms. The first kappa shape index (κ1) is 13.8. The van der Waals surface area contributed by atoms with Crippen molar-refractivity contribution in [1.29, 1.82) is 0 Å². The van der Waals surface area contributed by atoms with Crippen molar-refractivity contribution in [3.05, 3.63) is 90.0 Å². The van der Waals surface area contributed by atoms with Gasteiger partial charge in [0.05, 0.1) is 0 Å². The van der Waals surface area contributed by atoms with E-state index in [1.165, 1.54) is 0 Å². The summed E-state index contributed by atoms with van der Waals surface area (Å²) in [6, 6.07) is 25.0. The molecule has 0 fully saturated rings. The Hall–Kier alpha value is -3.18. The van der Waals surface area contributed by atoms with Crippen molar-refractivity contribution < 1.29 is 4.74 Å². The van der Waals surface area contributed by atoms with E-state index in [4.69, 9.17) is 10.5 Å². The van der Waals surface area contributed by atoms with Crippen molar-refractivity contribution >= 4 is 5.69 Å². The summed E-state index contributed by atoms with van der Waals surface area (Å²) < 4.78 is 5.75. The maximum Gasteiger partial charge on any atom is 0.127 e. The summed E-state index contributed by atoms with van der Waals surface area (Å²) in [4.78, 5) is 0. The van der Waals surface area contributed by atoms with Crippen molar-refractivity contribution in [2.75, 3.05) is 5.73 Å². The highest BCUT2D eigenvalue weighted by Gasteiger charge is 1.96. The van der Waals surface area contributed by atoms with Crippen molar-refractivity contribution in [2.45, 2.75) is 0 Å². The standard InChI is InChI=1S/C20H15NO/c21-18-6-4-5-17(15-18)10-9-16-11-13-20(14-12-16)22-19-7-2-1-3-8-19/h1-8,11-15H,21H2. The van der Waals surface area contributed by atoms with E-state index in [2.05, 4.69) is 11.8 Å². The van der Waals surface area contributed by atoms with Gasteiger partial charge in [-0.05, 0) is 54.6 Å². The zero-order valence-electron chi connectivity index (χ0n) is 12.0. The summed E-state index contributed by atoms with van der Waals surface area (Å²) in [7, 11) is 0. The fraction of sp³-hybridized carbons (Fsp3) is 0. The van der Waals surface area contributed by atoms with Gasteiger partial charge in [0.2, 0.25) is 0 Å². The van der Waals surface area contributed by atoms with E-state index in [-0.39, 0.29) is 0 Å². The van der Waals surface area contributed by atoms with E-state index in [1.807, 2.05) is 78.9 Å². The van der Waals surface area contributed by atoms with E-state index in [0.717, 1.165) is 28.3 Å². The van der Waals surface area contributed by atoms with Crippen LogP contribution in [0.3, 0.4) is 0 Å². The van der Waals surface area contributed by atoms with E-state index in [0.29, 0.717) is 0 Å². The summed E-state index contributed by atoms with van der Waals surface area (Å²) in [5, 5.41) is 0. The van der Waals surface area contributed by atoms with Crippen LogP contribution in [-0.2, 0) is 0 Å². The highest BCUT2D eigenvalue weighted by atomic mass is 16.5. The Morgan fingerprint density at radius 2 is 1.32 bits per heavy atom. The Balaban J connectivity index is 1.72. The molecule has 2 N–H and O–H groups in total. The topological polar surface area (TPSA) is 35.2 Å². The molecule has 3 aromatic rings. The van der Waals surface area contributed by atoms with Crippen LogP contribution in [0.2, 0.25) is 0 Å². The molecule has 3 aromatic carbocycles. The lowest BCUT2D eigenvalue weighted by molar-refractivity contribution is 0.482. The maximum absolute atomic E-state index is 5.75. The highest BCUT2D eigenvalue weighted by Crippen LogP contribution is 2.20. The molecule has 0 aliphatic carbocycles. The fourth-order valence-electron chi connectivity index (χ4n) is 1.99. The minimum absolute atomic E-state index is 0.721. The molecule has 0 saturated heterocycles. The number of anilines is 1. The van der Waals surface area contributed by atoms with Crippen LogP contribution >= 0.6 is 0 Å². The van der Waals surface area contributed by atoms with Gasteiger partial charge in [-0.2, -0.15) is 0 Å². The number of hydrogen-bond acceptors (Lipinski definition) is 2. The number of rotatable bonds is 2. The van der Waals surface area contributed by atoms with E-state index >= 15 is 0 Å². The second-order valence-corrected chi connectivity index (χ2v) is 4.81. The predicted octanol–water partition coefficient (Wildman–Crippen LogP) is 4.46. The molecule has 0 bridgehead atoms. The molecule has 0 radical (unpaired) electrons. The lowest BCUT2D eigenvalue weighted by Crippen LogP contribution is -1.85. The molecule has 0 amide bonds. The van der Waals surface area contributed by atoms with Crippen LogP contribution < -0.4 is 10.5 Å². The molecule has 0 saturated carbocycles. The monoisotopic (exact) mass is 285 g/mol. The maximum atomic E-state index is 5.75. The number of nitrogens with two attached hydrogens (primary N) is 1. The lowest BCUT2D eigenvalue weighted by Gasteiger charge is -2.04. The highest BCUT2D eigenvalue weighted by molar-refractivity contribution is 5.50. The van der Waals surface area contributed by atoms with Gasteiger partial charge in [0, 0.05) is 16.8 Å². The average molecular weight is 285 g/mol. The van der Waals surface area contributed by atoms with Crippen molar-refractivity contribution in [1.82, 2.24) is 0 Å². The number of nitrogen functional groups attached to an aromatic ring is 1. The number of hydrogen-bond donors (Lipinski definition) is 1. The predicted molar refractivity (Wildman–Crippen MR) is 89.8 cm³/mol. The van der Waals surface area contributed by atoms with Gasteiger partial charge in [-0.3, -0.25) is 0 Å².